The van der Waals surface area contributed by atoms with Crippen LogP contribution in [0.5, 0.6) is 0 Å². The number of rotatable bonds is 2. The maximum absolute atomic E-state index is 11.2. The molecule has 2 rings (SSSR count). The molecule has 2 aliphatic heterocycles. The van der Waals surface area contributed by atoms with Gasteiger partial charge in [-0.1, -0.05) is 0 Å². The van der Waals surface area contributed by atoms with Crippen molar-refractivity contribution in [3.63, 3.8) is 0 Å². The summed E-state index contributed by atoms with van der Waals surface area (Å²) in [5.41, 5.74) is 0. The first-order chi connectivity index (χ1) is 7.66. The maximum Gasteiger partial charge on any atom is 0.533 e. The summed E-state index contributed by atoms with van der Waals surface area (Å²) >= 11 is 0. The summed E-state index contributed by atoms with van der Waals surface area (Å²) in [6.07, 6.45) is -1.34. The second-order valence-corrected chi connectivity index (χ2v) is 3.68. The number of carbonyl (C=O) groups is 2. The fraction of sp³-hybridized carbons (Fsp3) is 0.778. The molecule has 2 heterocycles. The minimum atomic E-state index is -1.07. The highest BCUT2D eigenvalue weighted by atomic mass is 16.8. The van der Waals surface area contributed by atoms with Crippen LogP contribution in [0.1, 0.15) is 19.3 Å². The van der Waals surface area contributed by atoms with Gasteiger partial charge < -0.3 is 19.4 Å². The van der Waals surface area contributed by atoms with Gasteiger partial charge in [-0.2, -0.15) is 0 Å². The smallest absolute Gasteiger partial charge is 0.427 e. The van der Waals surface area contributed by atoms with Gasteiger partial charge in [0.05, 0.1) is 13.2 Å². The molecule has 2 atom stereocenters. The zero-order valence-electron chi connectivity index (χ0n) is 8.63. The lowest BCUT2D eigenvalue weighted by molar-refractivity contribution is -0.201. The molecule has 0 radical (unpaired) electrons. The molecule has 1 N–H and O–H groups in total. The van der Waals surface area contributed by atoms with Crippen LogP contribution < -0.4 is 0 Å². The zero-order chi connectivity index (χ0) is 11.5. The van der Waals surface area contributed by atoms with Crippen molar-refractivity contribution in [1.29, 1.82) is 0 Å². The Kier molecular flexibility index (Phi) is 3.25. The van der Waals surface area contributed by atoms with Crippen molar-refractivity contribution >= 4 is 12.1 Å². The molecule has 0 aliphatic carbocycles. The van der Waals surface area contributed by atoms with Crippen LogP contribution in [0.4, 0.5) is 4.79 Å². The second kappa shape index (κ2) is 4.67. The molecule has 1 amide bonds. The van der Waals surface area contributed by atoms with E-state index in [4.69, 9.17) is 9.47 Å². The predicted molar refractivity (Wildman–Crippen MR) is 48.9 cm³/mol. The number of carbonyl (C=O) groups excluding carboxylic acids is 2. The zero-order valence-corrected chi connectivity index (χ0v) is 8.63. The van der Waals surface area contributed by atoms with Crippen molar-refractivity contribution in [1.82, 2.24) is 5.06 Å². The quantitative estimate of drug-likeness (QED) is 0.661. The molecule has 0 bridgehead atoms. The van der Waals surface area contributed by atoms with Gasteiger partial charge >= 0.3 is 6.16 Å². The third-order valence-corrected chi connectivity index (χ3v) is 2.46. The first kappa shape index (κ1) is 11.2. The van der Waals surface area contributed by atoms with Gasteiger partial charge in [0, 0.05) is 19.3 Å². The van der Waals surface area contributed by atoms with Gasteiger partial charge in [-0.05, 0) is 0 Å². The van der Waals surface area contributed by atoms with Crippen molar-refractivity contribution < 1.29 is 29.0 Å². The average Bonchev–Trinajstić information content (AvgIpc) is 2.83. The third-order valence-electron chi connectivity index (χ3n) is 2.46. The largest absolute Gasteiger partial charge is 0.533 e. The highest BCUT2D eigenvalue weighted by molar-refractivity contribution is 5.78. The highest BCUT2D eigenvalue weighted by Crippen LogP contribution is 2.18. The minimum Gasteiger partial charge on any atom is -0.427 e. The van der Waals surface area contributed by atoms with Crippen molar-refractivity contribution in [2.24, 2.45) is 0 Å². The van der Waals surface area contributed by atoms with Crippen LogP contribution in [0, 0.1) is 0 Å². The van der Waals surface area contributed by atoms with E-state index in [2.05, 4.69) is 4.84 Å². The normalized spacial score (nSPS) is 29.6. The molecule has 0 aromatic rings. The van der Waals surface area contributed by atoms with Gasteiger partial charge in [0.1, 0.15) is 6.10 Å². The minimum absolute atomic E-state index is 0.168. The Morgan fingerprint density at radius 3 is 2.88 bits per heavy atom. The third kappa shape index (κ3) is 2.42. The Morgan fingerprint density at radius 1 is 1.50 bits per heavy atom. The van der Waals surface area contributed by atoms with Gasteiger partial charge in [0.25, 0.3) is 5.91 Å². The molecule has 16 heavy (non-hydrogen) atoms. The van der Waals surface area contributed by atoms with Crippen LogP contribution in [0.3, 0.4) is 0 Å². The number of nitrogens with zero attached hydrogens (tertiary/aromatic N) is 1. The second-order valence-electron chi connectivity index (χ2n) is 3.68. The molecule has 7 nitrogen and oxygen atoms in total. The van der Waals surface area contributed by atoms with Crippen LogP contribution in [-0.4, -0.2) is 47.8 Å². The standard InChI is InChI=1S/C9H13NO6/c11-7-1-2-8(12)10(7)16-9(13)15-6-3-4-14-5-6/h6-7,11H,1-5H2. The average molecular weight is 231 g/mol. The Hall–Kier alpha value is -1.34. The summed E-state index contributed by atoms with van der Waals surface area (Å²) in [5, 5.41) is 9.97. The number of aliphatic hydroxyl groups excluding tert-OH is 1. The number of aliphatic hydroxyl groups is 1. The van der Waals surface area contributed by atoms with E-state index < -0.39 is 18.3 Å². The predicted octanol–water partition coefficient (Wildman–Crippen LogP) is -0.216. The van der Waals surface area contributed by atoms with Crippen LogP contribution in [-0.2, 0) is 19.1 Å². The van der Waals surface area contributed by atoms with Gasteiger partial charge in [-0.3, -0.25) is 4.79 Å². The lowest BCUT2D eigenvalue weighted by atomic mass is 10.3. The molecule has 90 valence electrons. The number of amides is 1. The van der Waals surface area contributed by atoms with E-state index in [1.807, 2.05) is 0 Å². The molecule has 0 spiro atoms. The number of hydrogen-bond donors (Lipinski definition) is 1. The Morgan fingerprint density at radius 2 is 2.31 bits per heavy atom. The van der Waals surface area contributed by atoms with E-state index in [0.29, 0.717) is 24.7 Å². The fourth-order valence-corrected chi connectivity index (χ4v) is 1.60. The van der Waals surface area contributed by atoms with Crippen molar-refractivity contribution in [3.05, 3.63) is 0 Å². The SMILES string of the molecule is O=C(OC1CCOC1)ON1C(=O)CCC1O. The molecular weight excluding hydrogens is 218 g/mol. The van der Waals surface area contributed by atoms with Gasteiger partial charge in [-0.15, -0.1) is 5.06 Å². The lowest BCUT2D eigenvalue weighted by Crippen LogP contribution is -2.36. The number of hydrogen-bond acceptors (Lipinski definition) is 6. The lowest BCUT2D eigenvalue weighted by Gasteiger charge is -2.19. The molecule has 0 aromatic carbocycles. The van der Waals surface area contributed by atoms with Gasteiger partial charge in [0.2, 0.25) is 0 Å². The van der Waals surface area contributed by atoms with Gasteiger partial charge in [0.15, 0.2) is 6.23 Å². The molecule has 2 aliphatic rings. The van der Waals surface area contributed by atoms with E-state index in [0.717, 1.165) is 0 Å². The highest BCUT2D eigenvalue weighted by Gasteiger charge is 2.34. The van der Waals surface area contributed by atoms with E-state index in [-0.39, 0.29) is 18.9 Å². The first-order valence-electron chi connectivity index (χ1n) is 5.13. The summed E-state index contributed by atoms with van der Waals surface area (Å²) in [4.78, 5) is 27.0. The van der Waals surface area contributed by atoms with Crippen LogP contribution >= 0.6 is 0 Å². The molecule has 0 aromatic heterocycles. The topological polar surface area (TPSA) is 85.3 Å². The molecular formula is C9H13NO6. The van der Waals surface area contributed by atoms with Crippen LogP contribution in [0.15, 0.2) is 0 Å². The number of ether oxygens (including phenoxy) is 2. The molecule has 0 saturated carbocycles. The Bertz CT molecular complexity index is 288. The molecule has 2 fully saturated rings. The summed E-state index contributed by atoms with van der Waals surface area (Å²) < 4.78 is 9.89. The van der Waals surface area contributed by atoms with Gasteiger partial charge in [-0.25, -0.2) is 4.79 Å². The van der Waals surface area contributed by atoms with E-state index in [1.54, 1.807) is 0 Å². The summed E-state index contributed by atoms with van der Waals surface area (Å²) in [6.45, 7) is 0.884. The van der Waals surface area contributed by atoms with Crippen molar-refractivity contribution in [2.75, 3.05) is 13.2 Å². The van der Waals surface area contributed by atoms with E-state index in [9.17, 15) is 14.7 Å². The van der Waals surface area contributed by atoms with Crippen LogP contribution in [0.2, 0.25) is 0 Å². The van der Waals surface area contributed by atoms with Crippen LogP contribution in [0.25, 0.3) is 0 Å². The molecule has 2 saturated heterocycles. The molecule has 2 unspecified atom stereocenters. The molecule has 7 heteroatoms. The summed E-state index contributed by atoms with van der Waals surface area (Å²) in [7, 11) is 0. The van der Waals surface area contributed by atoms with Crippen molar-refractivity contribution in [3.8, 4) is 0 Å². The monoisotopic (exact) mass is 231 g/mol. The fourth-order valence-electron chi connectivity index (χ4n) is 1.60. The van der Waals surface area contributed by atoms with E-state index in [1.165, 1.54) is 0 Å². The first-order valence-corrected chi connectivity index (χ1v) is 5.13. The van der Waals surface area contributed by atoms with E-state index >= 15 is 0 Å². The summed E-state index contributed by atoms with van der Waals surface area (Å²) in [6, 6.07) is 0. The number of hydroxylamine groups is 2. The maximum atomic E-state index is 11.2. The Balaban J connectivity index is 1.79. The summed E-state index contributed by atoms with van der Waals surface area (Å²) in [5.74, 6) is -0.424. The van der Waals surface area contributed by atoms with Crippen molar-refractivity contribution in [2.45, 2.75) is 31.6 Å². The Labute approximate surface area is 91.8 Å².